The fraction of sp³-hybridized carbons (Fsp3) is 0.125. The van der Waals surface area contributed by atoms with Crippen LogP contribution in [0.3, 0.4) is 0 Å². The zero-order chi connectivity index (χ0) is 27.7. The molecule has 202 valence electrons. The molecule has 0 fully saturated rings. The molecule has 0 atom stereocenters. The molecule has 0 aliphatic carbocycles. The van der Waals surface area contributed by atoms with Gasteiger partial charge in [-0.2, -0.15) is 14.4 Å². The molecule has 0 N–H and O–H groups in total. The van der Waals surface area contributed by atoms with Crippen LogP contribution in [0, 0.1) is 0 Å². The highest BCUT2D eigenvalue weighted by Crippen LogP contribution is 2.14. The van der Waals surface area contributed by atoms with Gasteiger partial charge >= 0.3 is 17.8 Å². The molecule has 0 amide bonds. The fourth-order valence-corrected chi connectivity index (χ4v) is 3.57. The predicted molar refractivity (Wildman–Crippen MR) is 142 cm³/mol. The molecule has 0 aliphatic rings. The van der Waals surface area contributed by atoms with Gasteiger partial charge in [-0.15, -0.1) is 15.3 Å². The fourth-order valence-electron chi connectivity index (χ4n) is 3.57. The third-order valence-electron chi connectivity index (χ3n) is 5.44. The average molecular weight is 548 g/mol. The molecule has 17 heteroatoms. The number of rotatable bonds is 11. The van der Waals surface area contributed by atoms with Gasteiger partial charge in [0.25, 0.3) is 0 Å². The molecule has 3 aromatic carbocycles. The maximum absolute atomic E-state index is 4.34. The van der Waals surface area contributed by atoms with Crippen LogP contribution in [0.4, 0.5) is 17.8 Å². The highest BCUT2D eigenvalue weighted by molar-refractivity contribution is 5.23. The highest BCUT2D eigenvalue weighted by atomic mass is 15.8. The third-order valence-corrected chi connectivity index (χ3v) is 5.44. The van der Waals surface area contributed by atoms with Gasteiger partial charge in [-0.3, -0.25) is 0 Å². The van der Waals surface area contributed by atoms with Gasteiger partial charge in [0.15, 0.2) is 0 Å². The van der Waals surface area contributed by atoms with Crippen molar-refractivity contribution >= 4 is 17.8 Å². The van der Waals surface area contributed by atoms with E-state index in [0.717, 1.165) is 21.8 Å². The molecule has 6 rings (SSSR count). The quantitative estimate of drug-likeness (QED) is 0.172. The molecule has 0 unspecified atom stereocenters. The molecule has 0 aliphatic heterocycles. The first-order valence-corrected chi connectivity index (χ1v) is 12.4. The summed E-state index contributed by atoms with van der Waals surface area (Å²) in [6.07, 6.45) is 0. The van der Waals surface area contributed by atoms with Crippen LogP contribution in [0.2, 0.25) is 0 Å². The Bertz CT molecular complexity index is 1630. The van der Waals surface area contributed by atoms with Gasteiger partial charge in [0.2, 0.25) is 0 Å². The SMILES string of the molecule is c1ccc(Cn2nnc(/N=N/N(/N=N/c3nnn(Cc4ccccc4)n3)c3nnn(Cc4ccccc4)n3)n2)cc1. The summed E-state index contributed by atoms with van der Waals surface area (Å²) in [4.78, 5) is 4.20. The van der Waals surface area contributed by atoms with E-state index in [1.807, 2.05) is 91.0 Å². The predicted octanol–water partition coefficient (Wildman–Crippen LogP) is 3.00. The van der Waals surface area contributed by atoms with Crippen molar-refractivity contribution in [1.82, 2.24) is 60.6 Å². The summed E-state index contributed by atoms with van der Waals surface area (Å²) in [5.74, 6) is 0.0104. The van der Waals surface area contributed by atoms with Crippen molar-refractivity contribution in [2.24, 2.45) is 20.7 Å². The van der Waals surface area contributed by atoms with Crippen molar-refractivity contribution in [2.75, 3.05) is 5.12 Å². The summed E-state index contributed by atoms with van der Waals surface area (Å²) in [7, 11) is 0. The highest BCUT2D eigenvalue weighted by Gasteiger charge is 2.15. The first-order valence-electron chi connectivity index (χ1n) is 12.4. The molecule has 0 radical (unpaired) electrons. The Morgan fingerprint density at radius 1 is 0.488 bits per heavy atom. The molecule has 17 nitrogen and oxygen atoms in total. The Balaban J connectivity index is 1.20. The van der Waals surface area contributed by atoms with E-state index in [1.165, 1.54) is 14.4 Å². The topological polar surface area (TPSA) is 183 Å². The molecule has 3 heterocycles. The lowest BCUT2D eigenvalue weighted by Gasteiger charge is -2.02. The normalized spacial score (nSPS) is 11.5. The Hall–Kier alpha value is -6.13. The lowest BCUT2D eigenvalue weighted by molar-refractivity contribution is 0.571. The van der Waals surface area contributed by atoms with Crippen molar-refractivity contribution < 1.29 is 0 Å². The minimum absolute atomic E-state index is 0.00165. The van der Waals surface area contributed by atoms with Gasteiger partial charge in [0.05, 0.1) is 19.6 Å². The molecule has 41 heavy (non-hydrogen) atoms. The van der Waals surface area contributed by atoms with Crippen LogP contribution in [0.15, 0.2) is 112 Å². The van der Waals surface area contributed by atoms with Crippen molar-refractivity contribution in [1.29, 1.82) is 0 Å². The summed E-state index contributed by atoms with van der Waals surface area (Å²) in [5.41, 5.74) is 3.01. The number of hydrogen-bond acceptors (Lipinski definition) is 13. The Morgan fingerprint density at radius 2 is 0.878 bits per heavy atom. The van der Waals surface area contributed by atoms with Gasteiger partial charge in [-0.05, 0) is 42.8 Å². The van der Waals surface area contributed by atoms with Crippen molar-refractivity contribution in [3.8, 4) is 0 Å². The molecule has 0 spiro atoms. The first-order chi connectivity index (χ1) is 20.3. The molecular formula is C24H21N17. The molecule has 3 aromatic heterocycles. The van der Waals surface area contributed by atoms with Crippen molar-refractivity contribution in [3.05, 3.63) is 108 Å². The summed E-state index contributed by atoms with van der Waals surface area (Å²) in [6, 6.07) is 29.1. The number of anilines is 1. The number of hydrogen-bond donors (Lipinski definition) is 0. The van der Waals surface area contributed by atoms with E-state index < -0.39 is 0 Å². The van der Waals surface area contributed by atoms with Crippen molar-refractivity contribution in [2.45, 2.75) is 19.6 Å². The van der Waals surface area contributed by atoms with Gasteiger partial charge in [0, 0.05) is 0 Å². The van der Waals surface area contributed by atoms with Gasteiger partial charge in [0.1, 0.15) is 0 Å². The first kappa shape index (κ1) is 25.2. The smallest absolute Gasteiger partial charge is 0.158 e. The van der Waals surface area contributed by atoms with Crippen LogP contribution in [0.5, 0.6) is 0 Å². The molecule has 0 saturated carbocycles. The maximum atomic E-state index is 4.34. The number of nitrogens with zero attached hydrogens (tertiary/aromatic N) is 17. The van der Waals surface area contributed by atoms with Crippen molar-refractivity contribution in [3.63, 3.8) is 0 Å². The second-order valence-electron chi connectivity index (χ2n) is 8.48. The monoisotopic (exact) mass is 547 g/mol. The second-order valence-corrected chi connectivity index (χ2v) is 8.48. The Labute approximate surface area is 231 Å². The lowest BCUT2D eigenvalue weighted by Crippen LogP contribution is -2.09. The van der Waals surface area contributed by atoms with Crippen LogP contribution in [-0.2, 0) is 19.6 Å². The lowest BCUT2D eigenvalue weighted by atomic mass is 10.2. The van der Waals surface area contributed by atoms with Gasteiger partial charge < -0.3 is 0 Å². The van der Waals surface area contributed by atoms with E-state index in [2.05, 4.69) is 66.9 Å². The number of benzene rings is 3. The van der Waals surface area contributed by atoms with Crippen LogP contribution in [0.1, 0.15) is 16.7 Å². The minimum Gasteiger partial charge on any atom is -0.158 e. The largest absolute Gasteiger partial charge is 0.311 e. The third kappa shape index (κ3) is 6.85. The number of tetrazole rings is 3. The summed E-state index contributed by atoms with van der Waals surface area (Å²) < 4.78 is 0. The zero-order valence-electron chi connectivity index (χ0n) is 21.4. The van der Waals surface area contributed by atoms with Crippen LogP contribution >= 0.6 is 0 Å². The Morgan fingerprint density at radius 3 is 1.32 bits per heavy atom. The molecule has 0 bridgehead atoms. The van der Waals surface area contributed by atoms with E-state index in [1.54, 1.807) is 0 Å². The summed E-state index contributed by atoms with van der Waals surface area (Å²) >= 11 is 0. The van der Waals surface area contributed by atoms with E-state index in [0.29, 0.717) is 19.6 Å². The van der Waals surface area contributed by atoms with Crippen LogP contribution < -0.4 is 5.12 Å². The molecular weight excluding hydrogens is 526 g/mol. The number of aromatic nitrogens is 12. The van der Waals surface area contributed by atoms with E-state index in [9.17, 15) is 0 Å². The van der Waals surface area contributed by atoms with Gasteiger partial charge in [-0.1, -0.05) is 122 Å². The Kier molecular flexibility index (Phi) is 7.46. The van der Waals surface area contributed by atoms with Crippen LogP contribution in [-0.4, -0.2) is 60.6 Å². The average Bonchev–Trinajstić information content (AvgIpc) is 3.77. The van der Waals surface area contributed by atoms with Crippen LogP contribution in [0.25, 0.3) is 0 Å². The standard InChI is InChI=1S/C24H21N17/c1-4-10-19(11-5-1)16-38-30-22(25-33-38)27-36-41(24-29-35-40(32-24)18-21-14-8-3-9-15-21)37-28-23-26-34-39(31-23)17-20-12-6-2-7-13-20/h1-15H,16-18H2/b36-27+,37-28+. The molecule has 0 saturated heterocycles. The maximum Gasteiger partial charge on any atom is 0.311 e. The summed E-state index contributed by atoms with van der Waals surface area (Å²) in [5, 5.41) is 53.9. The van der Waals surface area contributed by atoms with E-state index >= 15 is 0 Å². The van der Waals surface area contributed by atoms with E-state index in [4.69, 9.17) is 0 Å². The summed E-state index contributed by atoms with van der Waals surface area (Å²) in [6.45, 7) is 1.24. The second kappa shape index (κ2) is 12.2. The molecule has 6 aromatic rings. The van der Waals surface area contributed by atoms with Gasteiger partial charge in [-0.25, -0.2) is 0 Å². The van der Waals surface area contributed by atoms with E-state index in [-0.39, 0.29) is 17.8 Å². The zero-order valence-corrected chi connectivity index (χ0v) is 21.4. The minimum atomic E-state index is 0.00165.